The predicted octanol–water partition coefficient (Wildman–Crippen LogP) is 4.88. The van der Waals surface area contributed by atoms with Crippen LogP contribution in [0.2, 0.25) is 5.02 Å². The third kappa shape index (κ3) is 5.11. The summed E-state index contributed by atoms with van der Waals surface area (Å²) < 4.78 is 27.9. The lowest BCUT2D eigenvalue weighted by atomic mass is 9.93. The van der Waals surface area contributed by atoms with E-state index in [2.05, 4.69) is 0 Å². The SMILES string of the molecule is CCCN(CC(=O)N1CCc2sccc2C1c1ccccc1)S(=O)(=O)c1ccc(Cl)c([N+](=O)[O-])c1. The zero-order valence-corrected chi connectivity index (χ0v) is 21.4. The highest BCUT2D eigenvalue weighted by Crippen LogP contribution is 2.38. The lowest BCUT2D eigenvalue weighted by Crippen LogP contribution is -2.46. The van der Waals surface area contributed by atoms with E-state index in [1.165, 1.54) is 17.0 Å². The molecule has 35 heavy (non-hydrogen) atoms. The van der Waals surface area contributed by atoms with Crippen LogP contribution in [0.25, 0.3) is 0 Å². The van der Waals surface area contributed by atoms with Crippen LogP contribution in [0.5, 0.6) is 0 Å². The van der Waals surface area contributed by atoms with Crippen molar-refractivity contribution in [1.82, 2.24) is 9.21 Å². The van der Waals surface area contributed by atoms with Crippen molar-refractivity contribution in [2.24, 2.45) is 0 Å². The second kappa shape index (κ2) is 10.4. The van der Waals surface area contributed by atoms with Crippen LogP contribution in [0.3, 0.4) is 0 Å². The van der Waals surface area contributed by atoms with Gasteiger partial charge in [-0.2, -0.15) is 4.31 Å². The van der Waals surface area contributed by atoms with Gasteiger partial charge < -0.3 is 4.90 Å². The maximum Gasteiger partial charge on any atom is 0.289 e. The molecule has 0 aliphatic carbocycles. The number of hydrogen-bond acceptors (Lipinski definition) is 6. The van der Waals surface area contributed by atoms with Gasteiger partial charge >= 0.3 is 0 Å². The van der Waals surface area contributed by atoms with Gasteiger partial charge in [0.25, 0.3) is 5.69 Å². The normalized spacial score (nSPS) is 15.7. The molecule has 1 aliphatic rings. The van der Waals surface area contributed by atoms with E-state index in [1.807, 2.05) is 48.7 Å². The lowest BCUT2D eigenvalue weighted by molar-refractivity contribution is -0.384. The van der Waals surface area contributed by atoms with Crippen molar-refractivity contribution >= 4 is 44.6 Å². The van der Waals surface area contributed by atoms with E-state index in [1.54, 1.807) is 16.2 Å². The minimum atomic E-state index is -4.18. The maximum absolute atomic E-state index is 13.6. The van der Waals surface area contributed by atoms with Crippen molar-refractivity contribution < 1.29 is 18.1 Å². The first-order valence-electron chi connectivity index (χ1n) is 11.1. The first-order chi connectivity index (χ1) is 16.7. The van der Waals surface area contributed by atoms with Crippen molar-refractivity contribution in [3.8, 4) is 0 Å². The highest BCUT2D eigenvalue weighted by Gasteiger charge is 2.35. The third-order valence-corrected chi connectivity index (χ3v) is 9.10. The Morgan fingerprint density at radius 2 is 1.97 bits per heavy atom. The molecule has 4 rings (SSSR count). The van der Waals surface area contributed by atoms with E-state index < -0.39 is 20.6 Å². The molecule has 11 heteroatoms. The summed E-state index contributed by atoms with van der Waals surface area (Å²) in [6.45, 7) is 2.01. The molecule has 8 nitrogen and oxygen atoms in total. The maximum atomic E-state index is 13.6. The summed E-state index contributed by atoms with van der Waals surface area (Å²) >= 11 is 7.52. The van der Waals surface area contributed by atoms with Crippen LogP contribution >= 0.6 is 22.9 Å². The monoisotopic (exact) mass is 533 g/mol. The second-order valence-electron chi connectivity index (χ2n) is 8.16. The quantitative estimate of drug-likeness (QED) is 0.303. The Kier molecular flexibility index (Phi) is 7.56. The van der Waals surface area contributed by atoms with Gasteiger partial charge in [0, 0.05) is 24.0 Å². The van der Waals surface area contributed by atoms with Crippen molar-refractivity contribution in [2.75, 3.05) is 19.6 Å². The van der Waals surface area contributed by atoms with Crippen molar-refractivity contribution in [3.63, 3.8) is 0 Å². The van der Waals surface area contributed by atoms with Crippen LogP contribution in [-0.4, -0.2) is 48.1 Å². The Balaban J connectivity index is 1.66. The van der Waals surface area contributed by atoms with Gasteiger partial charge in [-0.1, -0.05) is 48.9 Å². The molecule has 0 N–H and O–H groups in total. The number of nitrogens with zero attached hydrogens (tertiary/aromatic N) is 3. The first-order valence-corrected chi connectivity index (χ1v) is 13.8. The fourth-order valence-corrected chi connectivity index (χ4v) is 6.89. The lowest BCUT2D eigenvalue weighted by Gasteiger charge is -2.37. The van der Waals surface area contributed by atoms with Crippen LogP contribution < -0.4 is 0 Å². The highest BCUT2D eigenvalue weighted by atomic mass is 35.5. The molecule has 0 fully saturated rings. The summed E-state index contributed by atoms with van der Waals surface area (Å²) in [6, 6.07) is 14.7. The number of carbonyl (C=O) groups is 1. The van der Waals surface area contributed by atoms with Gasteiger partial charge in [0.05, 0.1) is 22.4 Å². The highest BCUT2D eigenvalue weighted by molar-refractivity contribution is 7.89. The van der Waals surface area contributed by atoms with Crippen LogP contribution in [-0.2, 0) is 21.2 Å². The second-order valence-corrected chi connectivity index (χ2v) is 11.5. The largest absolute Gasteiger partial charge is 0.330 e. The van der Waals surface area contributed by atoms with Gasteiger partial charge in [-0.05, 0) is 47.5 Å². The molecular formula is C24H24ClN3O5S2. The first kappa shape index (κ1) is 25.3. The van der Waals surface area contributed by atoms with Gasteiger partial charge in [-0.25, -0.2) is 8.42 Å². The number of amides is 1. The Morgan fingerprint density at radius 1 is 1.23 bits per heavy atom. The fourth-order valence-electron chi connectivity index (χ4n) is 4.30. The summed E-state index contributed by atoms with van der Waals surface area (Å²) in [5, 5.41) is 13.1. The fraction of sp³-hybridized carbons (Fsp3) is 0.292. The molecule has 0 bridgehead atoms. The smallest absolute Gasteiger partial charge is 0.289 e. The van der Waals surface area contributed by atoms with E-state index in [0.29, 0.717) is 19.4 Å². The molecule has 1 amide bonds. The molecular weight excluding hydrogens is 510 g/mol. The van der Waals surface area contributed by atoms with Gasteiger partial charge in [0.15, 0.2) is 0 Å². The van der Waals surface area contributed by atoms with Crippen molar-refractivity contribution in [3.05, 3.63) is 91.1 Å². The number of thiophene rings is 1. The average molecular weight is 534 g/mol. The van der Waals surface area contributed by atoms with E-state index in [-0.39, 0.29) is 35.0 Å². The zero-order valence-electron chi connectivity index (χ0n) is 19.0. The van der Waals surface area contributed by atoms with E-state index in [9.17, 15) is 23.3 Å². The molecule has 1 unspecified atom stereocenters. The van der Waals surface area contributed by atoms with Gasteiger partial charge in [0.2, 0.25) is 15.9 Å². The zero-order chi connectivity index (χ0) is 25.2. The number of carbonyl (C=O) groups excluding carboxylic acids is 1. The Labute approximate surface area is 212 Å². The topological polar surface area (TPSA) is 101 Å². The van der Waals surface area contributed by atoms with Crippen molar-refractivity contribution in [2.45, 2.75) is 30.7 Å². The molecule has 0 saturated carbocycles. The number of rotatable bonds is 8. The van der Waals surface area contributed by atoms with Crippen LogP contribution in [0.15, 0.2) is 64.9 Å². The third-order valence-electron chi connectivity index (χ3n) is 5.94. The average Bonchev–Trinajstić information content (AvgIpc) is 3.32. The number of benzene rings is 2. The summed E-state index contributed by atoms with van der Waals surface area (Å²) in [6.07, 6.45) is 1.17. The van der Waals surface area contributed by atoms with E-state index in [4.69, 9.17) is 11.6 Å². The molecule has 1 aromatic heterocycles. The van der Waals surface area contributed by atoms with Crippen LogP contribution in [0.4, 0.5) is 5.69 Å². The van der Waals surface area contributed by atoms with E-state index >= 15 is 0 Å². The Bertz CT molecular complexity index is 1340. The predicted molar refractivity (Wildman–Crippen MR) is 135 cm³/mol. The van der Waals surface area contributed by atoms with Crippen LogP contribution in [0, 0.1) is 10.1 Å². The number of nitro groups is 1. The van der Waals surface area contributed by atoms with Crippen molar-refractivity contribution in [1.29, 1.82) is 0 Å². The minimum absolute atomic E-state index is 0.0953. The van der Waals surface area contributed by atoms with Crippen LogP contribution in [0.1, 0.15) is 35.4 Å². The molecule has 2 heterocycles. The summed E-state index contributed by atoms with van der Waals surface area (Å²) in [5.74, 6) is -0.323. The molecule has 0 spiro atoms. The molecule has 1 aliphatic heterocycles. The molecule has 0 saturated heterocycles. The summed E-state index contributed by atoms with van der Waals surface area (Å²) in [7, 11) is -4.18. The van der Waals surface area contributed by atoms with Gasteiger partial charge in [0.1, 0.15) is 5.02 Å². The number of nitro benzene ring substituents is 1. The Hall–Kier alpha value is -2.79. The number of sulfonamides is 1. The molecule has 184 valence electrons. The standard InChI is InChI=1S/C24H24ClN3O5S2/c1-2-12-26(35(32,33)18-8-9-20(25)21(15-18)28(30)31)16-23(29)27-13-10-22-19(11-14-34-22)24(27)17-6-4-3-5-7-17/h3-9,11,14-15,24H,2,10,12-13,16H2,1H3. The molecule has 2 aromatic carbocycles. The number of hydrogen-bond donors (Lipinski definition) is 0. The molecule has 0 radical (unpaired) electrons. The number of halogens is 1. The van der Waals surface area contributed by atoms with Gasteiger partial charge in [-0.15, -0.1) is 11.3 Å². The molecule has 1 atom stereocenters. The minimum Gasteiger partial charge on any atom is -0.330 e. The number of fused-ring (bicyclic) bond motifs is 1. The molecule has 3 aromatic rings. The summed E-state index contributed by atoms with van der Waals surface area (Å²) in [5.41, 5.74) is 1.51. The summed E-state index contributed by atoms with van der Waals surface area (Å²) in [4.78, 5) is 26.8. The van der Waals surface area contributed by atoms with Gasteiger partial charge in [-0.3, -0.25) is 14.9 Å². The Morgan fingerprint density at radius 3 is 2.66 bits per heavy atom. The van der Waals surface area contributed by atoms with E-state index in [0.717, 1.165) is 21.5 Å².